The SMILES string of the molecule is O=C(O)c1cc(S(=O)(=O)NCCO)ccc1NCCC1=CCCCC1. The Hall–Kier alpha value is -1.90. The van der Waals surface area contributed by atoms with Gasteiger partial charge in [0.2, 0.25) is 10.0 Å². The number of carboxylic acids is 1. The van der Waals surface area contributed by atoms with Gasteiger partial charge in [0, 0.05) is 18.8 Å². The lowest BCUT2D eigenvalue weighted by Crippen LogP contribution is -2.27. The van der Waals surface area contributed by atoms with E-state index >= 15 is 0 Å². The second-order valence-corrected chi connectivity index (χ2v) is 7.69. The van der Waals surface area contributed by atoms with Crippen molar-refractivity contribution in [1.82, 2.24) is 4.72 Å². The lowest BCUT2D eigenvalue weighted by Gasteiger charge is -2.15. The summed E-state index contributed by atoms with van der Waals surface area (Å²) in [5.74, 6) is -1.20. The highest BCUT2D eigenvalue weighted by Crippen LogP contribution is 2.23. The van der Waals surface area contributed by atoms with Gasteiger partial charge in [-0.2, -0.15) is 0 Å². The predicted octanol–water partition coefficient (Wildman–Crippen LogP) is 1.96. The number of anilines is 1. The summed E-state index contributed by atoms with van der Waals surface area (Å²) in [6, 6.07) is 3.95. The van der Waals surface area contributed by atoms with E-state index < -0.39 is 16.0 Å². The maximum atomic E-state index is 12.1. The molecule has 7 nitrogen and oxygen atoms in total. The van der Waals surface area contributed by atoms with Crippen LogP contribution < -0.4 is 10.0 Å². The van der Waals surface area contributed by atoms with Gasteiger partial charge in [0.15, 0.2) is 0 Å². The quantitative estimate of drug-likeness (QED) is 0.495. The molecular formula is C17H24N2O5S. The molecule has 0 aromatic heterocycles. The van der Waals surface area contributed by atoms with Crippen LogP contribution in [0.1, 0.15) is 42.5 Å². The Kier molecular flexibility index (Phi) is 6.98. The number of allylic oxidation sites excluding steroid dienone is 1. The van der Waals surface area contributed by atoms with Gasteiger partial charge in [-0.15, -0.1) is 0 Å². The maximum Gasteiger partial charge on any atom is 0.337 e. The van der Waals surface area contributed by atoms with Gasteiger partial charge >= 0.3 is 5.97 Å². The minimum Gasteiger partial charge on any atom is -0.478 e. The maximum absolute atomic E-state index is 12.1. The van der Waals surface area contributed by atoms with Crippen molar-refractivity contribution in [1.29, 1.82) is 0 Å². The number of carboxylic acid groups (broad SMARTS) is 1. The lowest BCUT2D eigenvalue weighted by atomic mass is 9.97. The minimum absolute atomic E-state index is 0.0931. The van der Waals surface area contributed by atoms with Crippen LogP contribution in [0.25, 0.3) is 0 Å². The second kappa shape index (κ2) is 8.98. The number of sulfonamides is 1. The van der Waals surface area contributed by atoms with Crippen LogP contribution in [-0.4, -0.2) is 44.3 Å². The van der Waals surface area contributed by atoms with Gasteiger partial charge in [-0.3, -0.25) is 0 Å². The summed E-state index contributed by atoms with van der Waals surface area (Å²) in [5, 5.41) is 21.2. The molecule has 2 rings (SSSR count). The number of benzene rings is 1. The van der Waals surface area contributed by atoms with Gasteiger partial charge < -0.3 is 15.5 Å². The smallest absolute Gasteiger partial charge is 0.337 e. The Morgan fingerprint density at radius 1 is 1.20 bits per heavy atom. The van der Waals surface area contributed by atoms with Gasteiger partial charge in [0.05, 0.1) is 17.1 Å². The van der Waals surface area contributed by atoms with E-state index in [4.69, 9.17) is 5.11 Å². The van der Waals surface area contributed by atoms with E-state index in [0.717, 1.165) is 25.3 Å². The molecule has 0 fully saturated rings. The molecule has 25 heavy (non-hydrogen) atoms. The van der Waals surface area contributed by atoms with Crippen LogP contribution in [0.15, 0.2) is 34.7 Å². The van der Waals surface area contributed by atoms with E-state index in [1.54, 1.807) is 0 Å². The molecular weight excluding hydrogens is 344 g/mol. The summed E-state index contributed by atoms with van der Waals surface area (Å²) in [5.41, 5.74) is 1.68. The highest BCUT2D eigenvalue weighted by molar-refractivity contribution is 7.89. The number of rotatable bonds is 9. The van der Waals surface area contributed by atoms with E-state index in [1.165, 1.54) is 30.5 Å². The number of carbonyl (C=O) groups is 1. The summed E-state index contributed by atoms with van der Waals surface area (Å²) in [6.45, 7) is 0.140. The van der Waals surface area contributed by atoms with E-state index in [0.29, 0.717) is 12.2 Å². The van der Waals surface area contributed by atoms with E-state index in [2.05, 4.69) is 16.1 Å². The van der Waals surface area contributed by atoms with E-state index in [-0.39, 0.29) is 23.6 Å². The van der Waals surface area contributed by atoms with Crippen LogP contribution >= 0.6 is 0 Å². The Balaban J connectivity index is 2.10. The Labute approximate surface area is 147 Å². The van der Waals surface area contributed by atoms with Gasteiger partial charge in [0.1, 0.15) is 0 Å². The molecule has 1 aromatic rings. The summed E-state index contributed by atoms with van der Waals surface area (Å²) in [4.78, 5) is 11.3. The molecule has 1 aliphatic carbocycles. The largest absolute Gasteiger partial charge is 0.478 e. The third kappa shape index (κ3) is 5.55. The van der Waals surface area contributed by atoms with Crippen LogP contribution in [-0.2, 0) is 10.0 Å². The number of aliphatic hydroxyl groups is 1. The first-order chi connectivity index (χ1) is 11.9. The molecule has 0 aliphatic heterocycles. The fourth-order valence-corrected chi connectivity index (χ4v) is 3.82. The number of hydrogen-bond acceptors (Lipinski definition) is 5. The highest BCUT2D eigenvalue weighted by Gasteiger charge is 2.18. The number of aromatic carboxylic acids is 1. The summed E-state index contributed by atoms with van der Waals surface area (Å²) in [6.07, 6.45) is 7.69. The molecule has 0 saturated carbocycles. The monoisotopic (exact) mass is 368 g/mol. The summed E-state index contributed by atoms with van der Waals surface area (Å²) >= 11 is 0. The molecule has 0 saturated heterocycles. The van der Waals surface area contributed by atoms with Gasteiger partial charge in [-0.25, -0.2) is 17.9 Å². The van der Waals surface area contributed by atoms with Crippen LogP contribution in [0.5, 0.6) is 0 Å². The Morgan fingerprint density at radius 3 is 2.64 bits per heavy atom. The standard InChI is InChI=1S/C17H24N2O5S/c20-11-10-19-25(23,24)14-6-7-16(15(12-14)17(21)22)18-9-8-13-4-2-1-3-5-13/h4,6-7,12,18-20H,1-3,5,8-11H2,(H,21,22). The zero-order valence-electron chi connectivity index (χ0n) is 14.0. The molecule has 8 heteroatoms. The molecule has 0 unspecified atom stereocenters. The molecule has 0 bridgehead atoms. The molecule has 0 atom stereocenters. The van der Waals surface area contributed by atoms with Gasteiger partial charge in [0.25, 0.3) is 0 Å². The van der Waals surface area contributed by atoms with Crippen molar-refractivity contribution >= 4 is 21.7 Å². The zero-order valence-corrected chi connectivity index (χ0v) is 14.8. The normalized spacial score (nSPS) is 14.8. The van der Waals surface area contributed by atoms with E-state index in [9.17, 15) is 18.3 Å². The van der Waals surface area contributed by atoms with Crippen molar-refractivity contribution in [2.45, 2.75) is 37.0 Å². The van der Waals surface area contributed by atoms with Crippen molar-refractivity contribution in [2.24, 2.45) is 0 Å². The lowest BCUT2D eigenvalue weighted by molar-refractivity contribution is 0.0697. The van der Waals surface area contributed by atoms with Crippen LogP contribution in [0.4, 0.5) is 5.69 Å². The Bertz CT molecular complexity index is 743. The first-order valence-corrected chi connectivity index (χ1v) is 9.82. The highest BCUT2D eigenvalue weighted by atomic mass is 32.2. The van der Waals surface area contributed by atoms with Crippen LogP contribution in [0.3, 0.4) is 0 Å². The summed E-state index contributed by atoms with van der Waals surface area (Å²) < 4.78 is 26.3. The molecule has 1 aliphatic rings. The molecule has 1 aromatic carbocycles. The van der Waals surface area contributed by atoms with Gasteiger partial charge in [-0.05, 0) is 50.3 Å². The van der Waals surface area contributed by atoms with Crippen molar-refractivity contribution in [2.75, 3.05) is 25.0 Å². The molecule has 0 spiro atoms. The van der Waals surface area contributed by atoms with Crippen molar-refractivity contribution in [3.8, 4) is 0 Å². The van der Waals surface area contributed by atoms with Crippen molar-refractivity contribution < 1.29 is 23.4 Å². The van der Waals surface area contributed by atoms with E-state index in [1.807, 2.05) is 0 Å². The number of aliphatic hydroxyl groups excluding tert-OH is 1. The molecule has 4 N–H and O–H groups in total. The number of hydrogen-bond donors (Lipinski definition) is 4. The molecule has 138 valence electrons. The topological polar surface area (TPSA) is 116 Å². The fraction of sp³-hybridized carbons (Fsp3) is 0.471. The average Bonchev–Trinajstić information content (AvgIpc) is 2.61. The Morgan fingerprint density at radius 2 is 2.00 bits per heavy atom. The van der Waals surface area contributed by atoms with Crippen LogP contribution in [0.2, 0.25) is 0 Å². The van der Waals surface area contributed by atoms with Crippen molar-refractivity contribution in [3.63, 3.8) is 0 Å². The van der Waals surface area contributed by atoms with Crippen LogP contribution in [0, 0.1) is 0 Å². The number of nitrogens with one attached hydrogen (secondary N) is 2. The predicted molar refractivity (Wildman–Crippen MR) is 95.3 cm³/mol. The minimum atomic E-state index is -3.84. The third-order valence-corrected chi connectivity index (χ3v) is 5.54. The van der Waals surface area contributed by atoms with Gasteiger partial charge in [-0.1, -0.05) is 11.6 Å². The fourth-order valence-electron chi connectivity index (χ4n) is 2.77. The molecule has 0 amide bonds. The third-order valence-electron chi connectivity index (χ3n) is 4.08. The molecule has 0 heterocycles. The summed E-state index contributed by atoms with van der Waals surface area (Å²) in [7, 11) is -3.84. The zero-order chi connectivity index (χ0) is 18.3. The second-order valence-electron chi connectivity index (χ2n) is 5.92. The first-order valence-electron chi connectivity index (χ1n) is 8.33. The average molecular weight is 368 g/mol. The molecule has 0 radical (unpaired) electrons. The van der Waals surface area contributed by atoms with Crippen molar-refractivity contribution in [3.05, 3.63) is 35.4 Å². The first kappa shape index (κ1) is 19.4.